The van der Waals surface area contributed by atoms with Crippen LogP contribution in [-0.4, -0.2) is 51.8 Å². The lowest BCUT2D eigenvalue weighted by Gasteiger charge is -2.20. The minimum absolute atomic E-state index is 0.0273. The van der Waals surface area contributed by atoms with Crippen LogP contribution in [0.25, 0.3) is 0 Å². The third kappa shape index (κ3) is 11.5. The number of ether oxygens (including phenoxy) is 1. The van der Waals surface area contributed by atoms with E-state index in [1.165, 1.54) is 89.9 Å². The van der Waals surface area contributed by atoms with Crippen LogP contribution in [-0.2, 0) is 14.3 Å². The Morgan fingerprint density at radius 3 is 2.00 bits per heavy atom. The van der Waals surface area contributed by atoms with Crippen LogP contribution in [0.1, 0.15) is 191 Å². The molecule has 0 radical (unpaired) electrons. The average molecular weight is 875 g/mol. The van der Waals surface area contributed by atoms with Gasteiger partial charge in [-0.2, -0.15) is 0 Å². The molecule has 1 saturated carbocycles. The lowest BCUT2D eigenvalue weighted by Crippen LogP contribution is -2.16. The molecule has 64 heavy (non-hydrogen) atoms. The first kappa shape index (κ1) is 49.1. The number of nitrogens with one attached hydrogen (secondary N) is 1. The third-order valence-electron chi connectivity index (χ3n) is 14.1. The van der Waals surface area contributed by atoms with Crippen molar-refractivity contribution in [1.82, 2.24) is 5.32 Å². The topological polar surface area (TPSA) is 133 Å². The molecular formula is C55H78N4O5. The van der Waals surface area contributed by atoms with E-state index in [1.54, 1.807) is 6.92 Å². The SMILES string of the molecule is CCCCCCCCCCCCCCCCCCOC(=O)CC[C@@H]1C2=C3CC(=O)C4=C(C)C(=CC5=C(CC(C)(C)C)/C(=C\O)C(=N5)C=C5N=C(C(C)=C5C(C)O)C(C)=C(N2)[C@H]1C)N=C34. The van der Waals surface area contributed by atoms with Crippen molar-refractivity contribution in [1.29, 1.82) is 0 Å². The van der Waals surface area contributed by atoms with Crippen LogP contribution in [0.4, 0.5) is 0 Å². The van der Waals surface area contributed by atoms with Crippen molar-refractivity contribution in [2.24, 2.45) is 32.2 Å². The highest BCUT2D eigenvalue weighted by Gasteiger charge is 2.44. The molecule has 6 aliphatic rings. The number of nitrogens with zero attached hydrogens (tertiary/aromatic N) is 3. The molecule has 3 N–H and O–H groups in total. The van der Waals surface area contributed by atoms with E-state index in [-0.39, 0.29) is 41.8 Å². The summed E-state index contributed by atoms with van der Waals surface area (Å²) in [5.41, 5.74) is 12.1. The Kier molecular flexibility index (Phi) is 17.0. The van der Waals surface area contributed by atoms with E-state index in [9.17, 15) is 19.8 Å². The summed E-state index contributed by atoms with van der Waals surface area (Å²) in [5.74, 6) is -0.262. The second-order valence-corrected chi connectivity index (χ2v) is 20.4. The normalized spacial score (nSPS) is 21.9. The number of carbonyl (C=O) groups excluding carboxylic acids is 2. The van der Waals surface area contributed by atoms with Gasteiger partial charge in [0.1, 0.15) is 0 Å². The van der Waals surface area contributed by atoms with Gasteiger partial charge in [-0.1, -0.05) is 131 Å². The highest BCUT2D eigenvalue weighted by Crippen LogP contribution is 2.47. The van der Waals surface area contributed by atoms with E-state index in [4.69, 9.17) is 19.7 Å². The predicted octanol–water partition coefficient (Wildman–Crippen LogP) is 13.2. The van der Waals surface area contributed by atoms with Crippen LogP contribution >= 0.6 is 0 Å². The van der Waals surface area contributed by atoms with E-state index in [0.29, 0.717) is 64.7 Å². The van der Waals surface area contributed by atoms with Gasteiger partial charge in [0.05, 0.1) is 53.2 Å². The lowest BCUT2D eigenvalue weighted by atomic mass is 9.84. The highest BCUT2D eigenvalue weighted by atomic mass is 16.5. The zero-order valence-electron chi connectivity index (χ0n) is 40.8. The molecule has 1 saturated heterocycles. The fraction of sp³-hybridized carbons (Fsp3) is 0.618. The van der Waals surface area contributed by atoms with E-state index in [2.05, 4.69) is 46.9 Å². The van der Waals surface area contributed by atoms with Gasteiger partial charge in [0.2, 0.25) is 0 Å². The summed E-state index contributed by atoms with van der Waals surface area (Å²) in [7, 11) is 0. The van der Waals surface area contributed by atoms with Gasteiger partial charge in [-0.15, -0.1) is 0 Å². The molecule has 9 nitrogen and oxygen atoms in total. The summed E-state index contributed by atoms with van der Waals surface area (Å²) in [4.78, 5) is 42.7. The molecular weight excluding hydrogens is 797 g/mol. The first-order chi connectivity index (χ1) is 30.6. The molecule has 0 aromatic carbocycles. The lowest BCUT2D eigenvalue weighted by molar-refractivity contribution is -0.144. The molecule has 0 spiro atoms. The summed E-state index contributed by atoms with van der Waals surface area (Å²) in [6.07, 6.45) is 26.7. The van der Waals surface area contributed by atoms with Crippen molar-refractivity contribution in [3.63, 3.8) is 0 Å². The van der Waals surface area contributed by atoms with Gasteiger partial charge in [-0.3, -0.25) is 9.59 Å². The fourth-order valence-electron chi connectivity index (χ4n) is 10.5. The Bertz CT molecular complexity index is 2170. The summed E-state index contributed by atoms with van der Waals surface area (Å²) in [6.45, 7) is 19.1. The molecule has 2 fully saturated rings. The number of unbranched alkanes of at least 4 members (excludes halogenated alkanes) is 15. The maximum Gasteiger partial charge on any atom is 0.305 e. The van der Waals surface area contributed by atoms with Crippen molar-refractivity contribution in [3.05, 3.63) is 91.5 Å². The molecule has 0 aromatic heterocycles. The Morgan fingerprint density at radius 2 is 1.42 bits per heavy atom. The molecule has 5 heterocycles. The number of rotatable bonds is 22. The number of aliphatic hydroxyl groups is 2. The number of allylic oxidation sites excluding steroid dienone is 11. The third-order valence-corrected chi connectivity index (χ3v) is 14.1. The second kappa shape index (κ2) is 22.2. The first-order valence-electron chi connectivity index (χ1n) is 24.9. The Hall–Kier alpha value is -4.37. The van der Waals surface area contributed by atoms with Crippen LogP contribution in [0.2, 0.25) is 0 Å². The quantitative estimate of drug-likeness (QED) is 0.0564. The number of fused-ring (bicyclic) bond motifs is 5. The number of esters is 1. The Labute approximate surface area is 384 Å². The zero-order valence-corrected chi connectivity index (χ0v) is 40.8. The number of hydrogen-bond donors (Lipinski definition) is 3. The standard InChI is InChI=1S/C55H78N4O5/c1-10-11-12-13-14-15-16-17-18-19-20-21-22-23-24-25-28-64-48(63)27-26-39-34(2)51-37(5)52-36(4)49(38(6)61)46(58-52)31-45-42(33-60)41(32-55(7,8)9)44(56-45)30-43-35(3)50-47(62)29-40(53(39)59-51)54(50)57-43/h30-31,33-34,38-39,59-61H,10-29,32H2,1-9H3/b42-33+,43-30?,46-31?,51-37?,53-40?/t34-,38?,39-/m0/s1. The maximum absolute atomic E-state index is 13.9. The molecule has 8 bridgehead atoms. The molecule has 1 unspecified atom stereocenters. The summed E-state index contributed by atoms with van der Waals surface area (Å²) >= 11 is 0. The average Bonchev–Trinajstić information content (AvgIpc) is 4.02. The molecule has 5 aliphatic heterocycles. The second-order valence-electron chi connectivity index (χ2n) is 20.4. The molecule has 348 valence electrons. The summed E-state index contributed by atoms with van der Waals surface area (Å²) in [5, 5.41) is 25.7. The number of aliphatic hydroxyl groups excluding tert-OH is 2. The van der Waals surface area contributed by atoms with Gasteiger partial charge in [-0.05, 0) is 86.8 Å². The molecule has 0 aromatic rings. The van der Waals surface area contributed by atoms with Gasteiger partial charge >= 0.3 is 5.97 Å². The van der Waals surface area contributed by atoms with Crippen molar-refractivity contribution in [2.45, 2.75) is 197 Å². The molecule has 3 atom stereocenters. The van der Waals surface area contributed by atoms with Crippen LogP contribution in [0.3, 0.4) is 0 Å². The largest absolute Gasteiger partial charge is 0.515 e. The van der Waals surface area contributed by atoms with E-state index in [0.717, 1.165) is 64.1 Å². The molecule has 1 aliphatic carbocycles. The Balaban J connectivity index is 1.16. The summed E-state index contributed by atoms with van der Waals surface area (Å²) in [6, 6.07) is 0. The molecule has 6 rings (SSSR count). The van der Waals surface area contributed by atoms with Crippen LogP contribution in [0.15, 0.2) is 106 Å². The van der Waals surface area contributed by atoms with E-state index in [1.807, 2.05) is 26.0 Å². The fourth-order valence-corrected chi connectivity index (χ4v) is 10.5. The first-order valence-corrected chi connectivity index (χ1v) is 24.9. The Morgan fingerprint density at radius 1 is 0.828 bits per heavy atom. The highest BCUT2D eigenvalue weighted by molar-refractivity contribution is 6.38. The van der Waals surface area contributed by atoms with Crippen molar-refractivity contribution in [2.75, 3.05) is 6.61 Å². The number of hydrogen-bond acceptors (Lipinski definition) is 9. The number of aliphatic imine (C=N–C) groups is 3. The van der Waals surface area contributed by atoms with Gasteiger partial charge < -0.3 is 20.3 Å². The van der Waals surface area contributed by atoms with Gasteiger partial charge in [0, 0.05) is 58.4 Å². The molecule has 9 heteroatoms. The van der Waals surface area contributed by atoms with Gasteiger partial charge in [0.25, 0.3) is 0 Å². The van der Waals surface area contributed by atoms with Crippen molar-refractivity contribution in [3.8, 4) is 0 Å². The minimum atomic E-state index is -0.800. The number of carbonyl (C=O) groups is 2. The van der Waals surface area contributed by atoms with Crippen molar-refractivity contribution >= 4 is 28.9 Å². The van der Waals surface area contributed by atoms with E-state index >= 15 is 0 Å². The smallest absolute Gasteiger partial charge is 0.305 e. The zero-order chi connectivity index (χ0) is 46.1. The number of ketones is 1. The van der Waals surface area contributed by atoms with Gasteiger partial charge in [-0.25, -0.2) is 15.0 Å². The number of Topliss-reactive ketones (excluding diaryl/α,β-unsaturated/α-hetero) is 1. The van der Waals surface area contributed by atoms with Crippen LogP contribution in [0.5, 0.6) is 0 Å². The van der Waals surface area contributed by atoms with Crippen LogP contribution < -0.4 is 5.32 Å². The van der Waals surface area contributed by atoms with E-state index < -0.39 is 6.10 Å². The maximum atomic E-state index is 13.9. The minimum Gasteiger partial charge on any atom is -0.515 e. The molecule has 0 amide bonds. The van der Waals surface area contributed by atoms with Gasteiger partial charge in [0.15, 0.2) is 5.78 Å². The monoisotopic (exact) mass is 875 g/mol. The van der Waals surface area contributed by atoms with Crippen molar-refractivity contribution < 1.29 is 24.5 Å². The summed E-state index contributed by atoms with van der Waals surface area (Å²) < 4.78 is 5.80. The predicted molar refractivity (Wildman–Crippen MR) is 262 cm³/mol. The van der Waals surface area contributed by atoms with Crippen LogP contribution in [0, 0.1) is 17.3 Å².